The van der Waals surface area contributed by atoms with Gasteiger partial charge in [-0.3, -0.25) is 4.99 Å². The lowest BCUT2D eigenvalue weighted by molar-refractivity contribution is -0.137. The lowest BCUT2D eigenvalue weighted by Crippen LogP contribution is -2.36. The molecule has 0 unspecified atom stereocenters. The van der Waals surface area contributed by atoms with Crippen LogP contribution in [0.15, 0.2) is 47.6 Å². The van der Waals surface area contributed by atoms with Crippen LogP contribution in [-0.2, 0) is 19.3 Å². The summed E-state index contributed by atoms with van der Waals surface area (Å²) in [4.78, 5) is 8.29. The highest BCUT2D eigenvalue weighted by molar-refractivity contribution is 14.0. The van der Waals surface area contributed by atoms with Crippen LogP contribution in [0.2, 0.25) is 0 Å². The predicted molar refractivity (Wildman–Crippen MR) is 114 cm³/mol. The van der Waals surface area contributed by atoms with Crippen molar-refractivity contribution in [3.63, 3.8) is 0 Å². The Balaban J connectivity index is 0.00000392. The van der Waals surface area contributed by atoms with Crippen molar-refractivity contribution in [2.24, 2.45) is 4.99 Å². The molecule has 28 heavy (non-hydrogen) atoms. The van der Waals surface area contributed by atoms with Gasteiger partial charge >= 0.3 is 6.18 Å². The summed E-state index contributed by atoms with van der Waals surface area (Å²) in [6.45, 7) is 4.55. The summed E-state index contributed by atoms with van der Waals surface area (Å²) >= 11 is 0. The molecule has 0 saturated carbocycles. The van der Waals surface area contributed by atoms with Gasteiger partial charge in [0.15, 0.2) is 5.96 Å². The van der Waals surface area contributed by atoms with E-state index < -0.39 is 11.7 Å². The predicted octanol–water partition coefficient (Wildman–Crippen LogP) is 4.37. The fourth-order valence-electron chi connectivity index (χ4n) is 2.28. The van der Waals surface area contributed by atoms with Gasteiger partial charge in [0.1, 0.15) is 0 Å². The molecule has 0 amide bonds. The Morgan fingerprint density at radius 1 is 1.11 bits per heavy atom. The number of aromatic nitrogens is 1. The highest BCUT2D eigenvalue weighted by atomic mass is 127. The van der Waals surface area contributed by atoms with Crippen molar-refractivity contribution in [2.45, 2.75) is 39.2 Å². The Labute approximate surface area is 179 Å². The lowest BCUT2D eigenvalue weighted by Gasteiger charge is -2.13. The van der Waals surface area contributed by atoms with E-state index in [2.05, 4.69) is 20.6 Å². The third-order valence-corrected chi connectivity index (χ3v) is 3.55. The number of aliphatic imine (C=N–C) groups is 1. The van der Waals surface area contributed by atoms with Crippen molar-refractivity contribution in [2.75, 3.05) is 7.05 Å². The molecule has 0 fully saturated rings. The highest BCUT2D eigenvalue weighted by Gasteiger charge is 2.30. The van der Waals surface area contributed by atoms with Crippen LogP contribution in [0.25, 0.3) is 0 Å². The summed E-state index contributed by atoms with van der Waals surface area (Å²) in [5.41, 5.74) is 0.775. The molecule has 0 atom stereocenters. The van der Waals surface area contributed by atoms with E-state index in [4.69, 9.17) is 4.74 Å². The van der Waals surface area contributed by atoms with E-state index in [1.54, 1.807) is 25.4 Å². The smallest absolute Gasteiger partial charge is 0.416 e. The summed E-state index contributed by atoms with van der Waals surface area (Å²) in [5.74, 6) is 1.04. The van der Waals surface area contributed by atoms with Gasteiger partial charge in [0.05, 0.1) is 11.7 Å². The molecule has 0 aliphatic carbocycles. The highest BCUT2D eigenvalue weighted by Crippen LogP contribution is 2.29. The molecule has 1 aromatic heterocycles. The first kappa shape index (κ1) is 24.0. The zero-order chi connectivity index (χ0) is 19.9. The molecule has 0 aliphatic heterocycles. The Bertz CT molecular complexity index is 765. The first-order valence-electron chi connectivity index (χ1n) is 8.50. The molecule has 0 bridgehead atoms. The number of nitrogens with one attached hydrogen (secondary N) is 2. The number of pyridine rings is 1. The molecule has 2 N–H and O–H groups in total. The minimum absolute atomic E-state index is 0. The average Bonchev–Trinajstić information content (AvgIpc) is 2.62. The molecule has 1 heterocycles. The van der Waals surface area contributed by atoms with E-state index in [1.807, 2.05) is 19.9 Å². The van der Waals surface area contributed by atoms with Gasteiger partial charge in [-0.2, -0.15) is 13.2 Å². The van der Waals surface area contributed by atoms with Crippen molar-refractivity contribution in [3.05, 3.63) is 59.3 Å². The molecule has 0 spiro atoms. The van der Waals surface area contributed by atoms with E-state index in [0.717, 1.165) is 17.7 Å². The monoisotopic (exact) mass is 508 g/mol. The number of benzene rings is 1. The fourth-order valence-corrected chi connectivity index (χ4v) is 2.28. The number of ether oxygens (including phenoxy) is 1. The standard InChI is InChI=1S/C19H23F3N4O.HI/c1-13(2)27-17-8-7-15(11-24-17)12-26-18(23-3)25-10-14-5-4-6-16(9-14)19(20,21)22;/h4-9,11,13H,10,12H2,1-3H3,(H2,23,25,26);1H. The van der Waals surface area contributed by atoms with Gasteiger partial charge in [-0.1, -0.05) is 18.2 Å². The summed E-state index contributed by atoms with van der Waals surface area (Å²) in [7, 11) is 1.60. The van der Waals surface area contributed by atoms with Crippen LogP contribution in [0.3, 0.4) is 0 Å². The number of alkyl halides is 3. The number of rotatable bonds is 6. The van der Waals surface area contributed by atoms with Crippen LogP contribution in [0.1, 0.15) is 30.5 Å². The third kappa shape index (κ3) is 7.91. The Morgan fingerprint density at radius 2 is 1.79 bits per heavy atom. The van der Waals surface area contributed by atoms with E-state index in [-0.39, 0.29) is 36.6 Å². The quantitative estimate of drug-likeness (QED) is 0.346. The molecule has 0 saturated heterocycles. The Kier molecular flexibility index (Phi) is 9.50. The Hall–Kier alpha value is -2.04. The van der Waals surface area contributed by atoms with Crippen molar-refractivity contribution in [1.82, 2.24) is 15.6 Å². The van der Waals surface area contributed by atoms with Gasteiger partial charge in [0.25, 0.3) is 0 Å². The summed E-state index contributed by atoms with van der Waals surface area (Å²) < 4.78 is 43.8. The second-order valence-electron chi connectivity index (χ2n) is 6.15. The van der Waals surface area contributed by atoms with Crippen LogP contribution in [0.4, 0.5) is 13.2 Å². The topological polar surface area (TPSA) is 58.5 Å². The fraction of sp³-hybridized carbons (Fsp3) is 0.368. The molecular formula is C19H24F3IN4O. The second-order valence-corrected chi connectivity index (χ2v) is 6.15. The number of halogens is 4. The molecule has 1 aromatic carbocycles. The van der Waals surface area contributed by atoms with Crippen LogP contribution in [-0.4, -0.2) is 24.1 Å². The Morgan fingerprint density at radius 3 is 2.32 bits per heavy atom. The molecular weight excluding hydrogens is 484 g/mol. The van der Waals surface area contributed by atoms with Crippen molar-refractivity contribution in [1.29, 1.82) is 0 Å². The van der Waals surface area contributed by atoms with E-state index in [1.165, 1.54) is 6.07 Å². The maximum absolute atomic E-state index is 12.8. The van der Waals surface area contributed by atoms with Gasteiger partial charge in [-0.25, -0.2) is 4.98 Å². The summed E-state index contributed by atoms with van der Waals surface area (Å²) in [6, 6.07) is 8.87. The average molecular weight is 508 g/mol. The second kappa shape index (κ2) is 11.1. The van der Waals surface area contributed by atoms with Crippen molar-refractivity contribution in [3.8, 4) is 5.88 Å². The minimum Gasteiger partial charge on any atom is -0.475 e. The van der Waals surface area contributed by atoms with Crippen LogP contribution in [0, 0.1) is 0 Å². The normalized spacial score (nSPS) is 11.8. The molecule has 2 rings (SSSR count). The molecule has 9 heteroatoms. The first-order chi connectivity index (χ1) is 12.8. The van der Waals surface area contributed by atoms with Crippen LogP contribution < -0.4 is 15.4 Å². The third-order valence-electron chi connectivity index (χ3n) is 3.55. The number of guanidine groups is 1. The minimum atomic E-state index is -4.35. The molecule has 0 radical (unpaired) electrons. The maximum atomic E-state index is 12.8. The van der Waals surface area contributed by atoms with Crippen molar-refractivity contribution < 1.29 is 17.9 Å². The van der Waals surface area contributed by atoms with Gasteiger partial charge in [-0.05, 0) is 37.1 Å². The van der Waals surface area contributed by atoms with Crippen LogP contribution in [0.5, 0.6) is 5.88 Å². The van der Waals surface area contributed by atoms with Crippen LogP contribution >= 0.6 is 24.0 Å². The molecule has 0 aliphatic rings. The molecule has 2 aromatic rings. The van der Waals surface area contributed by atoms with Gasteiger partial charge in [-0.15, -0.1) is 24.0 Å². The molecule has 5 nitrogen and oxygen atoms in total. The molecule has 154 valence electrons. The van der Waals surface area contributed by atoms with E-state index in [9.17, 15) is 13.2 Å². The lowest BCUT2D eigenvalue weighted by atomic mass is 10.1. The first-order valence-corrected chi connectivity index (χ1v) is 8.50. The van der Waals surface area contributed by atoms with E-state index >= 15 is 0 Å². The number of hydrogen-bond donors (Lipinski definition) is 2. The number of hydrogen-bond acceptors (Lipinski definition) is 3. The van der Waals surface area contributed by atoms with Gasteiger partial charge in [0, 0.05) is 32.4 Å². The van der Waals surface area contributed by atoms with Gasteiger partial charge in [0.2, 0.25) is 5.88 Å². The summed E-state index contributed by atoms with van der Waals surface area (Å²) in [6.07, 6.45) is -2.60. The number of nitrogens with zero attached hydrogens (tertiary/aromatic N) is 2. The SMILES string of the molecule is CN=C(NCc1ccc(OC(C)C)nc1)NCc1cccc(C(F)(F)F)c1.I. The van der Waals surface area contributed by atoms with E-state index in [0.29, 0.717) is 23.9 Å². The zero-order valence-corrected chi connectivity index (χ0v) is 18.2. The maximum Gasteiger partial charge on any atom is 0.416 e. The van der Waals surface area contributed by atoms with Crippen molar-refractivity contribution >= 4 is 29.9 Å². The largest absolute Gasteiger partial charge is 0.475 e. The summed E-state index contributed by atoms with van der Waals surface area (Å²) in [5, 5.41) is 6.10. The van der Waals surface area contributed by atoms with Gasteiger partial charge < -0.3 is 15.4 Å². The zero-order valence-electron chi connectivity index (χ0n) is 15.9.